The van der Waals surface area contributed by atoms with Gasteiger partial charge in [0, 0.05) is 18.7 Å². The van der Waals surface area contributed by atoms with Crippen LogP contribution in [-0.2, 0) is 4.79 Å². The molecule has 0 aliphatic heterocycles. The number of para-hydroxylation sites is 1. The molecule has 1 amide bonds. The van der Waals surface area contributed by atoms with Crippen LogP contribution < -0.4 is 4.90 Å². The number of benzene rings is 1. The molecule has 2 rings (SSSR count). The fourth-order valence-electron chi connectivity index (χ4n) is 2.37. The summed E-state index contributed by atoms with van der Waals surface area (Å²) in [6, 6.07) is 6.16. The summed E-state index contributed by atoms with van der Waals surface area (Å²) in [5.41, 5.74) is 3.43. The van der Waals surface area contributed by atoms with Crippen LogP contribution in [0.3, 0.4) is 0 Å². The third-order valence-corrected chi connectivity index (χ3v) is 3.56. The van der Waals surface area contributed by atoms with E-state index < -0.39 is 0 Å². The molecular formula is C14H19NO. The van der Waals surface area contributed by atoms with Gasteiger partial charge in [-0.1, -0.05) is 24.6 Å². The van der Waals surface area contributed by atoms with Gasteiger partial charge >= 0.3 is 0 Å². The Morgan fingerprint density at radius 1 is 1.25 bits per heavy atom. The van der Waals surface area contributed by atoms with Crippen molar-refractivity contribution in [3.05, 3.63) is 29.3 Å². The molecular weight excluding hydrogens is 198 g/mol. The van der Waals surface area contributed by atoms with E-state index in [1.54, 1.807) is 0 Å². The summed E-state index contributed by atoms with van der Waals surface area (Å²) in [4.78, 5) is 14.0. The highest BCUT2D eigenvalue weighted by Crippen LogP contribution is 2.31. The molecule has 1 aromatic carbocycles. The minimum Gasteiger partial charge on any atom is -0.315 e. The topological polar surface area (TPSA) is 20.3 Å². The number of rotatable bonds is 2. The summed E-state index contributed by atoms with van der Waals surface area (Å²) in [6.45, 7) is 4.12. The number of aryl methyl sites for hydroxylation is 2. The molecule has 1 fully saturated rings. The first-order valence-corrected chi connectivity index (χ1v) is 5.95. The summed E-state index contributed by atoms with van der Waals surface area (Å²) in [6.07, 6.45) is 3.33. The maximum Gasteiger partial charge on any atom is 0.229 e. The Labute approximate surface area is 97.3 Å². The summed E-state index contributed by atoms with van der Waals surface area (Å²) in [5, 5.41) is 0. The molecule has 0 atom stereocenters. The van der Waals surface area contributed by atoms with E-state index in [1.165, 1.54) is 17.5 Å². The first-order chi connectivity index (χ1) is 7.61. The number of hydrogen-bond donors (Lipinski definition) is 0. The Kier molecular flexibility index (Phi) is 2.99. The highest BCUT2D eigenvalue weighted by molar-refractivity contribution is 5.96. The molecule has 0 N–H and O–H groups in total. The number of carbonyl (C=O) groups is 1. The van der Waals surface area contributed by atoms with Gasteiger partial charge in [-0.15, -0.1) is 0 Å². The largest absolute Gasteiger partial charge is 0.315 e. The quantitative estimate of drug-likeness (QED) is 0.745. The third-order valence-electron chi connectivity index (χ3n) is 3.56. The first-order valence-electron chi connectivity index (χ1n) is 5.95. The van der Waals surface area contributed by atoms with Gasteiger partial charge in [-0.25, -0.2) is 0 Å². The predicted molar refractivity (Wildman–Crippen MR) is 66.7 cm³/mol. The summed E-state index contributed by atoms with van der Waals surface area (Å²) in [5.74, 6) is 0.549. The third kappa shape index (κ3) is 1.84. The zero-order chi connectivity index (χ0) is 11.7. The minimum atomic E-state index is 0.268. The number of carbonyl (C=O) groups excluding carboxylic acids is 1. The summed E-state index contributed by atoms with van der Waals surface area (Å²) >= 11 is 0. The van der Waals surface area contributed by atoms with E-state index in [9.17, 15) is 4.79 Å². The minimum absolute atomic E-state index is 0.268. The van der Waals surface area contributed by atoms with E-state index >= 15 is 0 Å². The number of hydrogen-bond acceptors (Lipinski definition) is 1. The molecule has 1 aromatic rings. The SMILES string of the molecule is Cc1cccc(C)c1N(C)C(=O)C1CCC1. The molecule has 16 heavy (non-hydrogen) atoms. The van der Waals surface area contributed by atoms with E-state index in [0.29, 0.717) is 0 Å². The smallest absolute Gasteiger partial charge is 0.229 e. The van der Waals surface area contributed by atoms with Crippen LogP contribution in [-0.4, -0.2) is 13.0 Å². The van der Waals surface area contributed by atoms with Crippen molar-refractivity contribution >= 4 is 11.6 Å². The van der Waals surface area contributed by atoms with Crippen molar-refractivity contribution in [3.8, 4) is 0 Å². The lowest BCUT2D eigenvalue weighted by Crippen LogP contribution is -2.36. The molecule has 0 aromatic heterocycles. The van der Waals surface area contributed by atoms with Crippen LogP contribution in [0.5, 0.6) is 0 Å². The second-order valence-electron chi connectivity index (χ2n) is 4.77. The van der Waals surface area contributed by atoms with E-state index in [0.717, 1.165) is 18.5 Å². The Bertz CT molecular complexity index is 387. The fraction of sp³-hybridized carbons (Fsp3) is 0.500. The van der Waals surface area contributed by atoms with Crippen molar-refractivity contribution in [1.29, 1.82) is 0 Å². The van der Waals surface area contributed by atoms with E-state index in [1.807, 2.05) is 18.0 Å². The average molecular weight is 217 g/mol. The van der Waals surface area contributed by atoms with Crippen molar-refractivity contribution in [2.24, 2.45) is 5.92 Å². The standard InChI is InChI=1S/C14H19NO/c1-10-6-4-7-11(2)13(10)15(3)14(16)12-8-5-9-12/h4,6-7,12H,5,8-9H2,1-3H3. The molecule has 0 unspecified atom stereocenters. The predicted octanol–water partition coefficient (Wildman–Crippen LogP) is 3.07. The Morgan fingerprint density at radius 2 is 1.81 bits per heavy atom. The van der Waals surface area contributed by atoms with Gasteiger partial charge in [-0.3, -0.25) is 4.79 Å². The van der Waals surface area contributed by atoms with Crippen LogP contribution in [0.4, 0.5) is 5.69 Å². The summed E-state index contributed by atoms with van der Waals surface area (Å²) < 4.78 is 0. The molecule has 0 saturated heterocycles. The maximum absolute atomic E-state index is 12.2. The molecule has 0 bridgehead atoms. The molecule has 2 heteroatoms. The van der Waals surface area contributed by atoms with E-state index in [4.69, 9.17) is 0 Å². The van der Waals surface area contributed by atoms with Gasteiger partial charge in [-0.05, 0) is 37.8 Å². The van der Waals surface area contributed by atoms with E-state index in [2.05, 4.69) is 26.0 Å². The van der Waals surface area contributed by atoms with Crippen LogP contribution in [0.1, 0.15) is 30.4 Å². The second-order valence-corrected chi connectivity index (χ2v) is 4.77. The molecule has 0 heterocycles. The average Bonchev–Trinajstić information content (AvgIpc) is 2.14. The van der Waals surface area contributed by atoms with Gasteiger partial charge in [-0.2, -0.15) is 0 Å². The molecule has 2 nitrogen and oxygen atoms in total. The summed E-state index contributed by atoms with van der Waals surface area (Å²) in [7, 11) is 1.90. The van der Waals surface area contributed by atoms with Gasteiger partial charge in [0.1, 0.15) is 0 Å². The van der Waals surface area contributed by atoms with Crippen molar-refractivity contribution in [2.45, 2.75) is 33.1 Å². The van der Waals surface area contributed by atoms with Crippen molar-refractivity contribution < 1.29 is 4.79 Å². The normalized spacial score (nSPS) is 15.7. The van der Waals surface area contributed by atoms with Crippen molar-refractivity contribution in [1.82, 2.24) is 0 Å². The number of nitrogens with zero attached hydrogens (tertiary/aromatic N) is 1. The lowest BCUT2D eigenvalue weighted by Gasteiger charge is -2.30. The van der Waals surface area contributed by atoms with E-state index in [-0.39, 0.29) is 11.8 Å². The number of anilines is 1. The first kappa shape index (κ1) is 11.2. The monoisotopic (exact) mass is 217 g/mol. The van der Waals surface area contributed by atoms with Crippen molar-refractivity contribution in [3.63, 3.8) is 0 Å². The van der Waals surface area contributed by atoms with Crippen LogP contribution >= 0.6 is 0 Å². The van der Waals surface area contributed by atoms with Gasteiger partial charge < -0.3 is 4.90 Å². The van der Waals surface area contributed by atoms with Gasteiger partial charge in [0.05, 0.1) is 0 Å². The zero-order valence-corrected chi connectivity index (χ0v) is 10.3. The Morgan fingerprint density at radius 3 is 2.25 bits per heavy atom. The van der Waals surface area contributed by atoms with Crippen LogP contribution in [0.15, 0.2) is 18.2 Å². The Balaban J connectivity index is 2.25. The van der Waals surface area contributed by atoms with Crippen LogP contribution in [0.25, 0.3) is 0 Å². The molecule has 1 aliphatic rings. The highest BCUT2D eigenvalue weighted by Gasteiger charge is 2.29. The number of amides is 1. The van der Waals surface area contributed by atoms with Crippen LogP contribution in [0, 0.1) is 19.8 Å². The molecule has 0 radical (unpaired) electrons. The lowest BCUT2D eigenvalue weighted by atomic mass is 9.84. The van der Waals surface area contributed by atoms with Gasteiger partial charge in [0.2, 0.25) is 5.91 Å². The molecule has 0 spiro atoms. The highest BCUT2D eigenvalue weighted by atomic mass is 16.2. The van der Waals surface area contributed by atoms with Crippen LogP contribution in [0.2, 0.25) is 0 Å². The molecule has 1 saturated carbocycles. The fourth-order valence-corrected chi connectivity index (χ4v) is 2.37. The maximum atomic E-state index is 12.2. The zero-order valence-electron chi connectivity index (χ0n) is 10.3. The van der Waals surface area contributed by atoms with Gasteiger partial charge in [0.15, 0.2) is 0 Å². The Hall–Kier alpha value is -1.31. The molecule has 86 valence electrons. The molecule has 1 aliphatic carbocycles. The van der Waals surface area contributed by atoms with Gasteiger partial charge in [0.25, 0.3) is 0 Å². The second kappa shape index (κ2) is 4.28. The lowest BCUT2D eigenvalue weighted by molar-refractivity contribution is -0.124. The van der Waals surface area contributed by atoms with Crippen molar-refractivity contribution in [2.75, 3.05) is 11.9 Å².